The first kappa shape index (κ1) is 17.0. The van der Waals surface area contributed by atoms with Crippen LogP contribution in [0.3, 0.4) is 0 Å². The van der Waals surface area contributed by atoms with Crippen molar-refractivity contribution in [3.05, 3.63) is 0 Å². The molecule has 0 aromatic rings. The zero-order valence-electron chi connectivity index (χ0n) is 13.8. The smallest absolute Gasteiger partial charge is 0.0707 e. The van der Waals surface area contributed by atoms with E-state index >= 15 is 0 Å². The van der Waals surface area contributed by atoms with Crippen LogP contribution in [0.5, 0.6) is 0 Å². The Kier molecular flexibility index (Phi) is 4.90. The van der Waals surface area contributed by atoms with E-state index in [0.29, 0.717) is 0 Å². The molecule has 0 aromatic carbocycles. The van der Waals surface area contributed by atoms with Gasteiger partial charge in [0.2, 0.25) is 0 Å². The van der Waals surface area contributed by atoms with Gasteiger partial charge in [-0.25, -0.2) is 0 Å². The van der Waals surface area contributed by atoms with Crippen molar-refractivity contribution in [3.63, 3.8) is 0 Å². The Balaban J connectivity index is 5.27. The number of hydrogen-bond acceptors (Lipinski definition) is 1. The lowest BCUT2D eigenvalue weighted by molar-refractivity contribution is -0.224. The molecule has 0 amide bonds. The molecule has 2 unspecified atom stereocenters. The largest absolute Gasteiger partial charge is 0.368 e. The van der Waals surface area contributed by atoms with Crippen molar-refractivity contribution >= 4 is 0 Å². The minimum atomic E-state index is -0.0783. The third-order valence-corrected chi connectivity index (χ3v) is 4.97. The van der Waals surface area contributed by atoms with Crippen molar-refractivity contribution in [1.29, 1.82) is 0 Å². The molecule has 0 radical (unpaired) electrons. The number of rotatable bonds is 4. The lowest BCUT2D eigenvalue weighted by atomic mass is 9.71. The SMILES string of the molecule is CCC(C)(OC(C)(CC)C(C)(C)C)C(C)(C)C. The van der Waals surface area contributed by atoms with Crippen LogP contribution in [-0.2, 0) is 4.74 Å². The fourth-order valence-corrected chi connectivity index (χ4v) is 2.01. The van der Waals surface area contributed by atoms with Crippen molar-refractivity contribution in [2.45, 2.75) is 93.3 Å². The van der Waals surface area contributed by atoms with E-state index in [2.05, 4.69) is 69.2 Å². The summed E-state index contributed by atoms with van der Waals surface area (Å²) in [6.45, 7) is 22.6. The lowest BCUT2D eigenvalue weighted by Crippen LogP contribution is -2.53. The van der Waals surface area contributed by atoms with E-state index in [1.165, 1.54) is 0 Å². The van der Waals surface area contributed by atoms with Crippen molar-refractivity contribution in [2.75, 3.05) is 0 Å². The van der Waals surface area contributed by atoms with Crippen molar-refractivity contribution in [2.24, 2.45) is 10.8 Å². The predicted octanol–water partition coefficient (Wildman–Crippen LogP) is 5.43. The summed E-state index contributed by atoms with van der Waals surface area (Å²) in [7, 11) is 0. The molecule has 0 spiro atoms. The molecule has 0 aliphatic carbocycles. The summed E-state index contributed by atoms with van der Waals surface area (Å²) in [6, 6.07) is 0. The zero-order chi connectivity index (χ0) is 14.1. The van der Waals surface area contributed by atoms with Gasteiger partial charge in [0.05, 0.1) is 11.2 Å². The van der Waals surface area contributed by atoms with Crippen LogP contribution in [0.25, 0.3) is 0 Å². The van der Waals surface area contributed by atoms with E-state index in [1.54, 1.807) is 0 Å². The molecule has 0 aliphatic rings. The maximum atomic E-state index is 6.65. The molecule has 1 heteroatoms. The summed E-state index contributed by atoms with van der Waals surface area (Å²) in [4.78, 5) is 0. The Bertz CT molecular complexity index is 217. The van der Waals surface area contributed by atoms with Crippen molar-refractivity contribution < 1.29 is 4.74 Å². The monoisotopic (exact) mass is 242 g/mol. The fourth-order valence-electron chi connectivity index (χ4n) is 2.01. The highest BCUT2D eigenvalue weighted by molar-refractivity contribution is 4.95. The van der Waals surface area contributed by atoms with Gasteiger partial charge >= 0.3 is 0 Å². The van der Waals surface area contributed by atoms with Gasteiger partial charge in [-0.15, -0.1) is 0 Å². The molecular formula is C16H34O. The highest BCUT2D eigenvalue weighted by Gasteiger charge is 2.46. The first-order valence-electron chi connectivity index (χ1n) is 7.03. The molecule has 0 bridgehead atoms. The molecule has 0 fully saturated rings. The van der Waals surface area contributed by atoms with E-state index in [-0.39, 0.29) is 22.0 Å². The van der Waals surface area contributed by atoms with Crippen LogP contribution in [0.15, 0.2) is 0 Å². The summed E-state index contributed by atoms with van der Waals surface area (Å²) in [5.74, 6) is 0. The zero-order valence-corrected chi connectivity index (χ0v) is 13.8. The molecule has 0 rings (SSSR count). The molecule has 0 aliphatic heterocycles. The lowest BCUT2D eigenvalue weighted by Gasteiger charge is -2.52. The summed E-state index contributed by atoms with van der Waals surface area (Å²) < 4.78 is 6.65. The van der Waals surface area contributed by atoms with Gasteiger partial charge in [-0.05, 0) is 37.5 Å². The third-order valence-electron chi connectivity index (χ3n) is 4.97. The topological polar surface area (TPSA) is 9.23 Å². The second kappa shape index (κ2) is 4.91. The summed E-state index contributed by atoms with van der Waals surface area (Å²) in [6.07, 6.45) is 2.09. The molecule has 2 atom stereocenters. The number of hydrogen-bond donors (Lipinski definition) is 0. The van der Waals surface area contributed by atoms with E-state index in [9.17, 15) is 0 Å². The Morgan fingerprint density at radius 1 is 0.588 bits per heavy atom. The average Bonchev–Trinajstić information content (AvgIpc) is 2.13. The predicted molar refractivity (Wildman–Crippen MR) is 77.4 cm³/mol. The van der Waals surface area contributed by atoms with E-state index < -0.39 is 0 Å². The van der Waals surface area contributed by atoms with Crippen LogP contribution < -0.4 is 0 Å². The van der Waals surface area contributed by atoms with Gasteiger partial charge in [0.1, 0.15) is 0 Å². The fraction of sp³-hybridized carbons (Fsp3) is 1.00. The second-order valence-electron chi connectivity index (χ2n) is 7.77. The molecule has 1 nitrogen and oxygen atoms in total. The third kappa shape index (κ3) is 3.47. The molecule has 0 heterocycles. The Morgan fingerprint density at radius 2 is 0.824 bits per heavy atom. The number of ether oxygens (including phenoxy) is 1. The molecule has 0 saturated heterocycles. The molecule has 0 aromatic heterocycles. The van der Waals surface area contributed by atoms with Gasteiger partial charge in [0.15, 0.2) is 0 Å². The second-order valence-corrected chi connectivity index (χ2v) is 7.77. The quantitative estimate of drug-likeness (QED) is 0.638. The maximum Gasteiger partial charge on any atom is 0.0707 e. The summed E-state index contributed by atoms with van der Waals surface area (Å²) in [5, 5.41) is 0. The minimum Gasteiger partial charge on any atom is -0.368 e. The van der Waals surface area contributed by atoms with Crippen molar-refractivity contribution in [3.8, 4) is 0 Å². The van der Waals surface area contributed by atoms with Crippen LogP contribution >= 0.6 is 0 Å². The van der Waals surface area contributed by atoms with Crippen LogP contribution in [0.1, 0.15) is 82.1 Å². The Morgan fingerprint density at radius 3 is 0.941 bits per heavy atom. The molecular weight excluding hydrogens is 208 g/mol. The van der Waals surface area contributed by atoms with Gasteiger partial charge in [-0.2, -0.15) is 0 Å². The van der Waals surface area contributed by atoms with Crippen LogP contribution in [0, 0.1) is 10.8 Å². The summed E-state index contributed by atoms with van der Waals surface area (Å²) in [5.41, 5.74) is 0.156. The van der Waals surface area contributed by atoms with Gasteiger partial charge in [0, 0.05) is 0 Å². The standard InChI is InChI=1S/C16H34O/c1-11-15(9,13(3,4)5)17-16(10,12-2)14(6,7)8/h11-12H2,1-10H3. The molecule has 17 heavy (non-hydrogen) atoms. The van der Waals surface area contributed by atoms with Gasteiger partial charge in [0.25, 0.3) is 0 Å². The normalized spacial score (nSPS) is 20.8. The van der Waals surface area contributed by atoms with Gasteiger partial charge < -0.3 is 4.74 Å². The maximum absolute atomic E-state index is 6.65. The minimum absolute atomic E-state index is 0.0783. The highest BCUT2D eigenvalue weighted by atomic mass is 16.5. The summed E-state index contributed by atoms with van der Waals surface area (Å²) >= 11 is 0. The highest BCUT2D eigenvalue weighted by Crippen LogP contribution is 2.45. The first-order valence-corrected chi connectivity index (χ1v) is 7.03. The van der Waals surface area contributed by atoms with Gasteiger partial charge in [-0.3, -0.25) is 0 Å². The van der Waals surface area contributed by atoms with E-state index in [0.717, 1.165) is 12.8 Å². The van der Waals surface area contributed by atoms with Crippen molar-refractivity contribution in [1.82, 2.24) is 0 Å². The average molecular weight is 242 g/mol. The molecule has 0 saturated carbocycles. The Hall–Kier alpha value is -0.0400. The van der Waals surface area contributed by atoms with Crippen LogP contribution in [0.4, 0.5) is 0 Å². The van der Waals surface area contributed by atoms with Gasteiger partial charge in [-0.1, -0.05) is 55.4 Å². The van der Waals surface area contributed by atoms with E-state index in [4.69, 9.17) is 4.74 Å². The van der Waals surface area contributed by atoms with Crippen LogP contribution in [0.2, 0.25) is 0 Å². The molecule has 104 valence electrons. The van der Waals surface area contributed by atoms with E-state index in [1.807, 2.05) is 0 Å². The Labute approximate surface area is 109 Å². The van der Waals surface area contributed by atoms with Crippen LogP contribution in [-0.4, -0.2) is 11.2 Å². The first-order chi connectivity index (χ1) is 7.33. The molecule has 0 N–H and O–H groups in total.